The van der Waals surface area contributed by atoms with E-state index in [1.807, 2.05) is 42.5 Å². The predicted octanol–water partition coefficient (Wildman–Crippen LogP) is 6.48. The molecule has 1 aliphatic rings. The van der Waals surface area contributed by atoms with Gasteiger partial charge < -0.3 is 14.6 Å². The zero-order valence-electron chi connectivity index (χ0n) is 16.7. The summed E-state index contributed by atoms with van der Waals surface area (Å²) in [6.45, 7) is 8.85. The Balaban J connectivity index is 0.000000261. The zero-order valence-corrected chi connectivity index (χ0v) is 16.7. The summed E-state index contributed by atoms with van der Waals surface area (Å²) < 4.78 is 11.5. The lowest BCUT2D eigenvalue weighted by Crippen LogP contribution is -2.18. The van der Waals surface area contributed by atoms with Gasteiger partial charge >= 0.3 is 0 Å². The van der Waals surface area contributed by atoms with Crippen molar-refractivity contribution in [1.29, 1.82) is 0 Å². The van der Waals surface area contributed by atoms with Crippen LogP contribution >= 0.6 is 0 Å². The predicted molar refractivity (Wildman–Crippen MR) is 118 cm³/mol. The number of hydrogen-bond donors (Lipinski definition) is 1. The van der Waals surface area contributed by atoms with Crippen LogP contribution in [0.1, 0.15) is 49.7 Å². The molecule has 0 bridgehead atoms. The Hall–Kier alpha value is -2.52. The van der Waals surface area contributed by atoms with E-state index >= 15 is 0 Å². The van der Waals surface area contributed by atoms with Crippen molar-refractivity contribution in [2.24, 2.45) is 0 Å². The standard InChI is InChI=1S/C17H24O2.C8H8O/c1-2-15-9-11-17(12-10-15)19-14-6-13-18-16-7-4-3-5-8-16;1-2-7-3-5-8(9)6-4-7/h2,9-12,16H,1,3-8,13-14H2;2-6,9H,1H2. The molecule has 1 aliphatic carbocycles. The number of phenolic OH excluding ortho intramolecular Hbond substituents is 1. The van der Waals surface area contributed by atoms with Gasteiger partial charge in [-0.05, 0) is 48.2 Å². The molecule has 2 aromatic rings. The highest BCUT2D eigenvalue weighted by Gasteiger charge is 2.12. The molecule has 0 atom stereocenters. The molecule has 0 radical (unpaired) electrons. The minimum Gasteiger partial charge on any atom is -0.508 e. The fraction of sp³-hybridized carbons (Fsp3) is 0.360. The molecule has 0 unspecified atom stereocenters. The molecule has 150 valence electrons. The van der Waals surface area contributed by atoms with Crippen LogP contribution in [-0.4, -0.2) is 24.4 Å². The van der Waals surface area contributed by atoms with Gasteiger partial charge in [-0.2, -0.15) is 0 Å². The Morgan fingerprint density at radius 1 is 0.821 bits per heavy atom. The maximum absolute atomic E-state index is 8.82. The summed E-state index contributed by atoms with van der Waals surface area (Å²) in [5, 5.41) is 8.82. The summed E-state index contributed by atoms with van der Waals surface area (Å²) in [7, 11) is 0. The number of aromatic hydroxyl groups is 1. The molecule has 3 nitrogen and oxygen atoms in total. The third kappa shape index (κ3) is 8.45. The molecular formula is C25H32O3. The first kappa shape index (κ1) is 21.8. The summed E-state index contributed by atoms with van der Waals surface area (Å²) in [6.07, 6.45) is 11.5. The summed E-state index contributed by atoms with van der Waals surface area (Å²) >= 11 is 0. The SMILES string of the molecule is C=Cc1ccc(O)cc1.C=Cc1ccc(OCCCOC2CCCCC2)cc1. The minimum absolute atomic E-state index is 0.292. The molecule has 1 fully saturated rings. The molecule has 0 spiro atoms. The number of benzene rings is 2. The van der Waals surface area contributed by atoms with E-state index in [9.17, 15) is 0 Å². The van der Waals surface area contributed by atoms with Crippen LogP contribution in [0.2, 0.25) is 0 Å². The summed E-state index contributed by atoms with van der Waals surface area (Å²) in [5.74, 6) is 1.21. The number of phenols is 1. The lowest BCUT2D eigenvalue weighted by molar-refractivity contribution is 0.0226. The molecular weight excluding hydrogens is 348 g/mol. The summed E-state index contributed by atoms with van der Waals surface area (Å²) in [4.78, 5) is 0. The third-order valence-corrected chi connectivity index (χ3v) is 4.71. The van der Waals surface area contributed by atoms with Gasteiger partial charge in [-0.1, -0.05) is 68.8 Å². The van der Waals surface area contributed by atoms with E-state index in [0.29, 0.717) is 11.9 Å². The Bertz CT molecular complexity index is 683. The lowest BCUT2D eigenvalue weighted by Gasteiger charge is -2.21. The van der Waals surface area contributed by atoms with E-state index in [2.05, 4.69) is 13.2 Å². The van der Waals surface area contributed by atoms with E-state index in [4.69, 9.17) is 14.6 Å². The van der Waals surface area contributed by atoms with Crippen LogP contribution in [0, 0.1) is 0 Å². The molecule has 1 N–H and O–H groups in total. The smallest absolute Gasteiger partial charge is 0.119 e. The van der Waals surface area contributed by atoms with Crippen LogP contribution < -0.4 is 4.74 Å². The van der Waals surface area contributed by atoms with Gasteiger partial charge in [-0.15, -0.1) is 0 Å². The number of ether oxygens (including phenoxy) is 2. The first-order valence-corrected chi connectivity index (χ1v) is 10.1. The van der Waals surface area contributed by atoms with E-state index in [1.165, 1.54) is 32.1 Å². The van der Waals surface area contributed by atoms with Crippen molar-refractivity contribution in [1.82, 2.24) is 0 Å². The maximum Gasteiger partial charge on any atom is 0.119 e. The molecule has 0 amide bonds. The average molecular weight is 381 g/mol. The average Bonchev–Trinajstić information content (AvgIpc) is 2.76. The van der Waals surface area contributed by atoms with Crippen molar-refractivity contribution in [2.45, 2.75) is 44.6 Å². The highest BCUT2D eigenvalue weighted by molar-refractivity contribution is 5.48. The second-order valence-electron chi connectivity index (χ2n) is 6.90. The Morgan fingerprint density at radius 2 is 1.39 bits per heavy atom. The van der Waals surface area contributed by atoms with Gasteiger partial charge in [0.2, 0.25) is 0 Å². The Kier molecular flexibility index (Phi) is 9.95. The van der Waals surface area contributed by atoms with Gasteiger partial charge in [0.05, 0.1) is 19.3 Å². The van der Waals surface area contributed by atoms with Gasteiger partial charge in [0.1, 0.15) is 11.5 Å². The Morgan fingerprint density at radius 3 is 1.96 bits per heavy atom. The van der Waals surface area contributed by atoms with Crippen molar-refractivity contribution in [3.05, 3.63) is 72.8 Å². The van der Waals surface area contributed by atoms with Crippen LogP contribution in [0.4, 0.5) is 0 Å². The summed E-state index contributed by atoms with van der Waals surface area (Å²) in [6, 6.07) is 14.9. The van der Waals surface area contributed by atoms with Gasteiger partial charge in [0, 0.05) is 6.42 Å². The van der Waals surface area contributed by atoms with E-state index in [-0.39, 0.29) is 0 Å². The van der Waals surface area contributed by atoms with Crippen molar-refractivity contribution >= 4 is 12.2 Å². The maximum atomic E-state index is 8.82. The van der Waals surface area contributed by atoms with Crippen molar-refractivity contribution in [3.63, 3.8) is 0 Å². The minimum atomic E-state index is 0.292. The van der Waals surface area contributed by atoms with Gasteiger partial charge in [-0.25, -0.2) is 0 Å². The molecule has 0 heterocycles. The van der Waals surface area contributed by atoms with Gasteiger partial charge in [0.25, 0.3) is 0 Å². The first-order chi connectivity index (χ1) is 13.7. The molecule has 0 aromatic heterocycles. The van der Waals surface area contributed by atoms with Gasteiger partial charge in [0.15, 0.2) is 0 Å². The van der Waals surface area contributed by atoms with Crippen molar-refractivity contribution in [3.8, 4) is 11.5 Å². The van der Waals surface area contributed by atoms with Crippen LogP contribution in [0.3, 0.4) is 0 Å². The third-order valence-electron chi connectivity index (χ3n) is 4.71. The molecule has 1 saturated carbocycles. The fourth-order valence-corrected chi connectivity index (χ4v) is 3.04. The lowest BCUT2D eigenvalue weighted by atomic mass is 9.98. The largest absolute Gasteiger partial charge is 0.508 e. The number of hydrogen-bond acceptors (Lipinski definition) is 3. The van der Waals surface area contributed by atoms with Crippen LogP contribution in [0.5, 0.6) is 11.5 Å². The summed E-state index contributed by atoms with van der Waals surface area (Å²) in [5.41, 5.74) is 2.14. The monoisotopic (exact) mass is 380 g/mol. The second-order valence-corrected chi connectivity index (χ2v) is 6.90. The zero-order chi connectivity index (χ0) is 20.0. The van der Waals surface area contributed by atoms with Crippen molar-refractivity contribution in [2.75, 3.05) is 13.2 Å². The highest BCUT2D eigenvalue weighted by atomic mass is 16.5. The van der Waals surface area contributed by atoms with Crippen LogP contribution in [-0.2, 0) is 4.74 Å². The molecule has 0 saturated heterocycles. The van der Waals surface area contributed by atoms with Crippen LogP contribution in [0.15, 0.2) is 61.7 Å². The normalized spacial score (nSPS) is 13.9. The highest BCUT2D eigenvalue weighted by Crippen LogP contribution is 2.20. The quantitative estimate of drug-likeness (QED) is 0.532. The molecule has 28 heavy (non-hydrogen) atoms. The number of rotatable bonds is 8. The first-order valence-electron chi connectivity index (χ1n) is 10.1. The second kappa shape index (κ2) is 12.8. The van der Waals surface area contributed by atoms with E-state index in [1.54, 1.807) is 18.2 Å². The topological polar surface area (TPSA) is 38.7 Å². The molecule has 0 aliphatic heterocycles. The van der Waals surface area contributed by atoms with E-state index < -0.39 is 0 Å². The van der Waals surface area contributed by atoms with Crippen molar-refractivity contribution < 1.29 is 14.6 Å². The molecule has 3 heteroatoms. The fourth-order valence-electron chi connectivity index (χ4n) is 3.04. The van der Waals surface area contributed by atoms with Crippen LogP contribution in [0.25, 0.3) is 12.2 Å². The molecule has 3 rings (SSSR count). The van der Waals surface area contributed by atoms with E-state index in [0.717, 1.165) is 36.5 Å². The molecule has 2 aromatic carbocycles. The Labute approximate surface area is 169 Å². The van der Waals surface area contributed by atoms with Gasteiger partial charge in [-0.3, -0.25) is 0 Å².